The van der Waals surface area contributed by atoms with Gasteiger partial charge < -0.3 is 5.73 Å². The van der Waals surface area contributed by atoms with Crippen LogP contribution >= 0.6 is 0 Å². The number of nitrogens with zero attached hydrogens (tertiary/aromatic N) is 4. The van der Waals surface area contributed by atoms with Gasteiger partial charge in [0.25, 0.3) is 5.91 Å². The van der Waals surface area contributed by atoms with E-state index in [0.29, 0.717) is 24.6 Å². The smallest absolute Gasteiger partial charge is 0.261 e. The molecule has 2 heterocycles. The van der Waals surface area contributed by atoms with E-state index >= 15 is 0 Å². The van der Waals surface area contributed by atoms with Crippen LogP contribution in [0.4, 0.5) is 5.95 Å². The summed E-state index contributed by atoms with van der Waals surface area (Å²) >= 11 is 0. The minimum Gasteiger partial charge on any atom is -0.330 e. The number of aromatic nitrogens is 4. The van der Waals surface area contributed by atoms with Crippen LogP contribution in [0.15, 0.2) is 12.3 Å². The Balaban J connectivity index is 2.15. The van der Waals surface area contributed by atoms with Gasteiger partial charge >= 0.3 is 0 Å². The fourth-order valence-electron chi connectivity index (χ4n) is 2.09. The van der Waals surface area contributed by atoms with Crippen LogP contribution in [0.3, 0.4) is 0 Å². The van der Waals surface area contributed by atoms with Crippen molar-refractivity contribution in [3.05, 3.63) is 34.9 Å². The minimum atomic E-state index is -0.253. The van der Waals surface area contributed by atoms with E-state index in [1.807, 2.05) is 26.8 Å². The molecule has 0 unspecified atom stereocenters. The number of hydrogen-bond acceptors (Lipinski definition) is 5. The van der Waals surface area contributed by atoms with Gasteiger partial charge in [0.1, 0.15) is 0 Å². The molecule has 0 aliphatic carbocycles. The number of carbonyl (C=O) groups excluding carboxylic acids is 1. The summed E-state index contributed by atoms with van der Waals surface area (Å²) in [6, 6.07) is 1.85. The van der Waals surface area contributed by atoms with Crippen LogP contribution in [0, 0.1) is 20.8 Å². The summed E-state index contributed by atoms with van der Waals surface area (Å²) < 4.78 is 1.78. The molecule has 0 fully saturated rings. The van der Waals surface area contributed by atoms with Gasteiger partial charge in [0.15, 0.2) is 0 Å². The van der Waals surface area contributed by atoms with E-state index in [2.05, 4.69) is 20.4 Å². The SMILES string of the molecule is Cc1cc(C)nc(NC(=O)c2cnn(CCCN)c2C)n1. The molecule has 0 spiro atoms. The van der Waals surface area contributed by atoms with Crippen molar-refractivity contribution < 1.29 is 4.79 Å². The summed E-state index contributed by atoms with van der Waals surface area (Å²) in [5.41, 5.74) is 8.45. The van der Waals surface area contributed by atoms with E-state index in [1.54, 1.807) is 10.9 Å². The maximum atomic E-state index is 12.3. The molecule has 0 saturated heterocycles. The molecule has 0 aliphatic rings. The Kier molecular flexibility index (Phi) is 4.64. The van der Waals surface area contributed by atoms with Crippen LogP contribution in [-0.4, -0.2) is 32.2 Å². The van der Waals surface area contributed by atoms with Gasteiger partial charge in [-0.2, -0.15) is 5.10 Å². The Morgan fingerprint density at radius 1 is 1.29 bits per heavy atom. The molecule has 2 rings (SSSR count). The Morgan fingerprint density at radius 3 is 2.57 bits per heavy atom. The van der Waals surface area contributed by atoms with Crippen molar-refractivity contribution in [1.82, 2.24) is 19.7 Å². The highest BCUT2D eigenvalue weighted by Gasteiger charge is 2.15. The average Bonchev–Trinajstić information content (AvgIpc) is 2.76. The van der Waals surface area contributed by atoms with Gasteiger partial charge in [0, 0.05) is 23.6 Å². The molecular weight excluding hydrogens is 268 g/mol. The van der Waals surface area contributed by atoms with Crippen molar-refractivity contribution >= 4 is 11.9 Å². The van der Waals surface area contributed by atoms with Crippen molar-refractivity contribution in [1.29, 1.82) is 0 Å². The maximum absolute atomic E-state index is 12.3. The second-order valence-electron chi connectivity index (χ2n) is 4.94. The standard InChI is InChI=1S/C14H20N6O/c1-9-7-10(2)18-14(17-9)19-13(21)12-8-16-20(11(12)3)6-4-5-15/h7-8H,4-6,15H2,1-3H3,(H,17,18,19,21). The van der Waals surface area contributed by atoms with Crippen molar-refractivity contribution in [2.45, 2.75) is 33.7 Å². The lowest BCUT2D eigenvalue weighted by atomic mass is 10.2. The molecule has 0 saturated carbocycles. The van der Waals surface area contributed by atoms with Crippen LogP contribution in [0.5, 0.6) is 0 Å². The van der Waals surface area contributed by atoms with Crippen molar-refractivity contribution in [2.24, 2.45) is 5.73 Å². The molecule has 21 heavy (non-hydrogen) atoms. The summed E-state index contributed by atoms with van der Waals surface area (Å²) in [7, 11) is 0. The van der Waals surface area contributed by atoms with Crippen LogP contribution in [0.25, 0.3) is 0 Å². The van der Waals surface area contributed by atoms with Gasteiger partial charge in [0.05, 0.1) is 11.8 Å². The molecule has 7 heteroatoms. The fourth-order valence-corrected chi connectivity index (χ4v) is 2.09. The Morgan fingerprint density at radius 2 is 1.95 bits per heavy atom. The lowest BCUT2D eigenvalue weighted by molar-refractivity contribution is 0.102. The van der Waals surface area contributed by atoms with Crippen LogP contribution in [0.1, 0.15) is 33.9 Å². The first-order chi connectivity index (χ1) is 10.0. The quantitative estimate of drug-likeness (QED) is 0.861. The van der Waals surface area contributed by atoms with E-state index in [0.717, 1.165) is 23.5 Å². The van der Waals surface area contributed by atoms with Crippen molar-refractivity contribution in [2.75, 3.05) is 11.9 Å². The number of hydrogen-bond donors (Lipinski definition) is 2. The Labute approximate surface area is 123 Å². The maximum Gasteiger partial charge on any atom is 0.261 e. The highest BCUT2D eigenvalue weighted by molar-refractivity contribution is 6.03. The zero-order chi connectivity index (χ0) is 15.4. The highest BCUT2D eigenvalue weighted by atomic mass is 16.1. The Hall–Kier alpha value is -2.28. The van der Waals surface area contributed by atoms with Crippen molar-refractivity contribution in [3.8, 4) is 0 Å². The molecule has 0 radical (unpaired) electrons. The van der Waals surface area contributed by atoms with Gasteiger partial charge in [-0.05, 0) is 39.8 Å². The third kappa shape index (κ3) is 3.63. The van der Waals surface area contributed by atoms with Gasteiger partial charge in [-0.15, -0.1) is 0 Å². The molecule has 3 N–H and O–H groups in total. The topological polar surface area (TPSA) is 98.7 Å². The minimum absolute atomic E-state index is 0.253. The van der Waals surface area contributed by atoms with Gasteiger partial charge in [-0.3, -0.25) is 14.8 Å². The lowest BCUT2D eigenvalue weighted by Crippen LogP contribution is -2.16. The lowest BCUT2D eigenvalue weighted by Gasteiger charge is -2.06. The number of amides is 1. The number of anilines is 1. The van der Waals surface area contributed by atoms with Gasteiger partial charge in [0.2, 0.25) is 5.95 Å². The molecule has 0 atom stereocenters. The second-order valence-corrected chi connectivity index (χ2v) is 4.94. The number of nitrogens with one attached hydrogen (secondary N) is 1. The first-order valence-corrected chi connectivity index (χ1v) is 6.87. The number of carbonyl (C=O) groups is 1. The molecule has 2 aromatic rings. The van der Waals surface area contributed by atoms with Crippen LogP contribution in [0.2, 0.25) is 0 Å². The normalized spacial score (nSPS) is 10.7. The monoisotopic (exact) mass is 288 g/mol. The van der Waals surface area contributed by atoms with E-state index in [-0.39, 0.29) is 5.91 Å². The van der Waals surface area contributed by atoms with Crippen LogP contribution in [-0.2, 0) is 6.54 Å². The second kappa shape index (κ2) is 6.45. The van der Waals surface area contributed by atoms with E-state index in [1.165, 1.54) is 0 Å². The molecule has 112 valence electrons. The number of nitrogens with two attached hydrogens (primary N) is 1. The molecule has 0 aliphatic heterocycles. The summed E-state index contributed by atoms with van der Waals surface area (Å²) in [4.78, 5) is 20.7. The fraction of sp³-hybridized carbons (Fsp3) is 0.429. The summed E-state index contributed by atoms with van der Waals surface area (Å²) in [5, 5.41) is 6.92. The molecule has 1 amide bonds. The van der Waals surface area contributed by atoms with Gasteiger partial charge in [-0.1, -0.05) is 0 Å². The third-order valence-corrected chi connectivity index (χ3v) is 3.13. The van der Waals surface area contributed by atoms with E-state index in [9.17, 15) is 4.79 Å². The molecule has 2 aromatic heterocycles. The van der Waals surface area contributed by atoms with Crippen molar-refractivity contribution in [3.63, 3.8) is 0 Å². The van der Waals surface area contributed by atoms with Gasteiger partial charge in [-0.25, -0.2) is 9.97 Å². The number of rotatable bonds is 5. The predicted octanol–water partition coefficient (Wildman–Crippen LogP) is 1.20. The van der Waals surface area contributed by atoms with E-state index in [4.69, 9.17) is 5.73 Å². The Bertz CT molecular complexity index is 629. The zero-order valence-corrected chi connectivity index (χ0v) is 12.6. The first kappa shape index (κ1) is 15.1. The molecule has 0 bridgehead atoms. The molecule has 0 aromatic carbocycles. The molecule has 7 nitrogen and oxygen atoms in total. The first-order valence-electron chi connectivity index (χ1n) is 6.87. The zero-order valence-electron chi connectivity index (χ0n) is 12.6. The third-order valence-electron chi connectivity index (χ3n) is 3.13. The largest absolute Gasteiger partial charge is 0.330 e. The van der Waals surface area contributed by atoms with Crippen LogP contribution < -0.4 is 11.1 Å². The summed E-state index contributed by atoms with van der Waals surface area (Å²) in [6.07, 6.45) is 2.38. The molecular formula is C14H20N6O. The average molecular weight is 288 g/mol. The highest BCUT2D eigenvalue weighted by Crippen LogP contribution is 2.11. The predicted molar refractivity (Wildman–Crippen MR) is 80.1 cm³/mol. The van der Waals surface area contributed by atoms with E-state index < -0.39 is 0 Å². The summed E-state index contributed by atoms with van der Waals surface area (Å²) in [6.45, 7) is 6.88. The number of aryl methyl sites for hydroxylation is 3. The summed E-state index contributed by atoms with van der Waals surface area (Å²) in [5.74, 6) is 0.0584.